The molecular weight excluding hydrogens is 526 g/mol. The Labute approximate surface area is 239 Å². The molecule has 2 heterocycles. The van der Waals surface area contributed by atoms with Crippen molar-refractivity contribution >= 4 is 23.6 Å². The van der Waals surface area contributed by atoms with Crippen molar-refractivity contribution in [2.24, 2.45) is 0 Å². The van der Waals surface area contributed by atoms with Crippen LogP contribution < -0.4 is 14.2 Å². The summed E-state index contributed by atoms with van der Waals surface area (Å²) >= 11 is 1.71. The lowest BCUT2D eigenvalue weighted by Gasteiger charge is -2.39. The van der Waals surface area contributed by atoms with E-state index >= 15 is 0 Å². The average Bonchev–Trinajstić information content (AvgIpc) is 3.26. The molecule has 0 spiro atoms. The predicted molar refractivity (Wildman–Crippen MR) is 155 cm³/mol. The largest absolute Gasteiger partial charge is 0.493 e. The minimum Gasteiger partial charge on any atom is -0.493 e. The van der Waals surface area contributed by atoms with Gasteiger partial charge in [0, 0.05) is 41.1 Å². The maximum Gasteiger partial charge on any atom is 0.338 e. The predicted octanol–water partition coefficient (Wildman–Crippen LogP) is 6.39. The fourth-order valence-electron chi connectivity index (χ4n) is 5.60. The number of amides is 1. The Kier molecular flexibility index (Phi) is 8.85. The average molecular weight is 562 g/mol. The molecule has 2 fully saturated rings. The van der Waals surface area contributed by atoms with Gasteiger partial charge in [-0.3, -0.25) is 4.79 Å². The minimum atomic E-state index is -0.330. The number of rotatable bonds is 10. The van der Waals surface area contributed by atoms with Crippen molar-refractivity contribution < 1.29 is 28.5 Å². The van der Waals surface area contributed by atoms with Crippen LogP contribution in [0.25, 0.3) is 0 Å². The highest BCUT2D eigenvalue weighted by Gasteiger charge is 2.44. The van der Waals surface area contributed by atoms with Crippen molar-refractivity contribution in [3.63, 3.8) is 0 Å². The van der Waals surface area contributed by atoms with Gasteiger partial charge < -0.3 is 23.8 Å². The minimum absolute atomic E-state index is 0.0472. The third-order valence-electron chi connectivity index (χ3n) is 7.55. The normalized spacial score (nSPS) is 19.7. The Morgan fingerprint density at radius 1 is 0.850 bits per heavy atom. The van der Waals surface area contributed by atoms with E-state index in [0.717, 1.165) is 53.2 Å². The summed E-state index contributed by atoms with van der Waals surface area (Å²) in [4.78, 5) is 28.6. The molecule has 5 rings (SSSR count). The molecule has 3 aromatic carbocycles. The third-order valence-corrected chi connectivity index (χ3v) is 8.62. The summed E-state index contributed by atoms with van der Waals surface area (Å²) < 4.78 is 22.0. The first-order chi connectivity index (χ1) is 19.5. The van der Waals surface area contributed by atoms with Gasteiger partial charge in [-0.25, -0.2) is 4.79 Å². The lowest BCUT2D eigenvalue weighted by atomic mass is 9.98. The number of piperidine rings is 1. The van der Waals surface area contributed by atoms with E-state index in [0.29, 0.717) is 23.7 Å². The molecule has 0 aromatic heterocycles. The molecule has 1 unspecified atom stereocenters. The van der Waals surface area contributed by atoms with E-state index in [4.69, 9.17) is 18.9 Å². The molecule has 2 saturated heterocycles. The maximum atomic E-state index is 13.5. The van der Waals surface area contributed by atoms with E-state index < -0.39 is 0 Å². The zero-order valence-electron chi connectivity index (χ0n) is 23.1. The summed E-state index contributed by atoms with van der Waals surface area (Å²) in [6, 6.07) is 21.3. The Hall–Kier alpha value is -3.65. The molecule has 7 nitrogen and oxygen atoms in total. The number of nitrogens with zero attached hydrogens (tertiary/aromatic N) is 1. The second-order valence-electron chi connectivity index (χ2n) is 10.1. The molecule has 2 bridgehead atoms. The molecule has 2 aliphatic heterocycles. The second kappa shape index (κ2) is 12.7. The molecule has 8 heteroatoms. The number of benzene rings is 3. The van der Waals surface area contributed by atoms with Crippen LogP contribution in [0.5, 0.6) is 17.2 Å². The number of esters is 1. The summed E-state index contributed by atoms with van der Waals surface area (Å²) in [7, 11) is 3.27. The Bertz CT molecular complexity index is 1310. The summed E-state index contributed by atoms with van der Waals surface area (Å²) in [6.07, 6.45) is 3.66. The van der Waals surface area contributed by atoms with Gasteiger partial charge in [0.2, 0.25) is 0 Å². The molecule has 3 aromatic rings. The number of methoxy groups -OCH3 is 2. The van der Waals surface area contributed by atoms with Crippen LogP contribution in [0, 0.1) is 0 Å². The van der Waals surface area contributed by atoms with Gasteiger partial charge in [-0.15, -0.1) is 11.8 Å². The van der Waals surface area contributed by atoms with Gasteiger partial charge in [-0.2, -0.15) is 0 Å². The highest BCUT2D eigenvalue weighted by Crippen LogP contribution is 2.38. The van der Waals surface area contributed by atoms with Gasteiger partial charge >= 0.3 is 5.97 Å². The summed E-state index contributed by atoms with van der Waals surface area (Å²) in [5.41, 5.74) is 2.39. The van der Waals surface area contributed by atoms with Gasteiger partial charge in [0.15, 0.2) is 11.5 Å². The lowest BCUT2D eigenvalue weighted by molar-refractivity contribution is 0.0359. The van der Waals surface area contributed by atoms with Crippen molar-refractivity contribution in [2.45, 2.75) is 61.4 Å². The van der Waals surface area contributed by atoms with Crippen molar-refractivity contribution in [1.82, 2.24) is 4.90 Å². The van der Waals surface area contributed by atoms with Gasteiger partial charge in [0.05, 0.1) is 26.4 Å². The molecule has 0 aliphatic carbocycles. The van der Waals surface area contributed by atoms with E-state index in [-0.39, 0.29) is 30.1 Å². The Morgan fingerprint density at radius 2 is 1.50 bits per heavy atom. The van der Waals surface area contributed by atoms with Crippen LogP contribution in [0.2, 0.25) is 0 Å². The van der Waals surface area contributed by atoms with E-state index in [1.54, 1.807) is 45.0 Å². The quantitative estimate of drug-likeness (QED) is 0.210. The first-order valence-corrected chi connectivity index (χ1v) is 14.7. The summed E-state index contributed by atoms with van der Waals surface area (Å²) in [5.74, 6) is 2.72. The molecular formula is C32H35NO6S. The monoisotopic (exact) mass is 561 g/mol. The highest BCUT2D eigenvalue weighted by molar-refractivity contribution is 7.98. The molecule has 2 aliphatic rings. The third kappa shape index (κ3) is 6.22. The van der Waals surface area contributed by atoms with Crippen molar-refractivity contribution in [3.8, 4) is 17.2 Å². The zero-order chi connectivity index (χ0) is 28.1. The zero-order valence-corrected chi connectivity index (χ0v) is 23.9. The number of hydrogen-bond donors (Lipinski definition) is 0. The van der Waals surface area contributed by atoms with Crippen molar-refractivity contribution in [2.75, 3.05) is 20.8 Å². The van der Waals surface area contributed by atoms with E-state index in [2.05, 4.69) is 4.90 Å². The van der Waals surface area contributed by atoms with Crippen LogP contribution in [0.1, 0.15) is 58.9 Å². The number of carbonyl (C=O) groups is 2. The standard InChI is InChI=1S/C32H35NO6S/c1-4-38-32(35)23-9-13-26(14-10-23)39-27-17-24-11-12-25(18-27)33(24)31(34)22-7-5-21(6-8-22)20-40-28-15-16-29(36-2)30(19-28)37-3/h5-10,13-16,19,24-25,27H,4,11-12,17-18,20H2,1-3H3/t24-,25+,27?. The summed E-state index contributed by atoms with van der Waals surface area (Å²) in [6.45, 7) is 2.14. The number of thioether (sulfide) groups is 1. The van der Waals surface area contributed by atoms with Crippen LogP contribution in [0.3, 0.4) is 0 Å². The molecule has 0 N–H and O–H groups in total. The van der Waals surface area contributed by atoms with Gasteiger partial charge in [-0.05, 0) is 79.9 Å². The van der Waals surface area contributed by atoms with E-state index in [9.17, 15) is 9.59 Å². The van der Waals surface area contributed by atoms with E-state index in [1.165, 1.54) is 0 Å². The van der Waals surface area contributed by atoms with Gasteiger partial charge in [0.25, 0.3) is 5.91 Å². The SMILES string of the molecule is CCOC(=O)c1ccc(OC2C[C@H]3CC[C@@H](C2)N3C(=O)c2ccc(CSc3ccc(OC)c(OC)c3)cc2)cc1. The first kappa shape index (κ1) is 27.9. The fourth-order valence-corrected chi connectivity index (χ4v) is 6.48. The molecule has 210 valence electrons. The Balaban J connectivity index is 1.16. The lowest BCUT2D eigenvalue weighted by Crippen LogP contribution is -2.49. The smallest absolute Gasteiger partial charge is 0.338 e. The van der Waals surface area contributed by atoms with Crippen LogP contribution in [0.15, 0.2) is 71.6 Å². The van der Waals surface area contributed by atoms with Crippen molar-refractivity contribution in [3.05, 3.63) is 83.4 Å². The second-order valence-corrected chi connectivity index (χ2v) is 11.1. The number of hydrogen-bond acceptors (Lipinski definition) is 7. The van der Waals surface area contributed by atoms with Crippen LogP contribution in [-0.4, -0.2) is 55.8 Å². The number of carbonyl (C=O) groups excluding carboxylic acids is 2. The molecule has 40 heavy (non-hydrogen) atoms. The van der Waals surface area contributed by atoms with Crippen molar-refractivity contribution in [1.29, 1.82) is 0 Å². The maximum absolute atomic E-state index is 13.5. The highest BCUT2D eigenvalue weighted by atomic mass is 32.2. The van der Waals surface area contributed by atoms with Crippen LogP contribution >= 0.6 is 11.8 Å². The molecule has 3 atom stereocenters. The number of ether oxygens (including phenoxy) is 4. The Morgan fingerprint density at radius 3 is 2.12 bits per heavy atom. The fraction of sp³-hybridized carbons (Fsp3) is 0.375. The molecule has 1 amide bonds. The molecule has 0 saturated carbocycles. The number of fused-ring (bicyclic) bond motifs is 2. The van der Waals surface area contributed by atoms with Crippen LogP contribution in [0.4, 0.5) is 0 Å². The van der Waals surface area contributed by atoms with Gasteiger partial charge in [0.1, 0.15) is 11.9 Å². The van der Waals surface area contributed by atoms with Gasteiger partial charge in [-0.1, -0.05) is 12.1 Å². The first-order valence-electron chi connectivity index (χ1n) is 13.7. The topological polar surface area (TPSA) is 74.3 Å². The van der Waals surface area contributed by atoms with E-state index in [1.807, 2.05) is 54.6 Å². The molecule has 0 radical (unpaired) electrons. The summed E-state index contributed by atoms with van der Waals surface area (Å²) in [5, 5.41) is 0. The van der Waals surface area contributed by atoms with Crippen LogP contribution in [-0.2, 0) is 10.5 Å².